The van der Waals surface area contributed by atoms with E-state index >= 15 is 0 Å². The molecule has 140 valence electrons. The molecule has 2 heterocycles. The van der Waals surface area contributed by atoms with Crippen LogP contribution in [0.4, 0.5) is 0 Å². The Hall–Kier alpha value is -3.18. The average Bonchev–Trinajstić information content (AvgIpc) is 2.71. The molecule has 4 rings (SSSR count). The molecule has 0 spiro atoms. The third kappa shape index (κ3) is 3.49. The molecule has 2 aromatic heterocycles. The number of halogens is 1. The van der Waals surface area contributed by atoms with E-state index in [0.29, 0.717) is 17.1 Å². The number of fused-ring (bicyclic) bond motifs is 1. The Labute approximate surface area is 166 Å². The number of rotatable bonds is 4. The van der Waals surface area contributed by atoms with Gasteiger partial charge in [-0.2, -0.15) is 0 Å². The van der Waals surface area contributed by atoms with Gasteiger partial charge in [0.25, 0.3) is 5.56 Å². The highest BCUT2D eigenvalue weighted by Gasteiger charge is 2.14. The summed E-state index contributed by atoms with van der Waals surface area (Å²) in [7, 11) is 0. The van der Waals surface area contributed by atoms with Crippen molar-refractivity contribution < 1.29 is 0 Å². The first-order valence-corrected chi connectivity index (χ1v) is 9.29. The lowest BCUT2D eigenvalue weighted by atomic mass is 10.1. The van der Waals surface area contributed by atoms with Gasteiger partial charge in [-0.25, -0.2) is 9.78 Å². The lowest BCUT2D eigenvalue weighted by Crippen LogP contribution is -2.40. The molecule has 0 radical (unpaired) electrons. The molecule has 0 atom stereocenters. The minimum Gasteiger partial charge on any atom is -0.287 e. The summed E-state index contributed by atoms with van der Waals surface area (Å²) in [6.07, 6.45) is 1.57. The molecule has 0 amide bonds. The number of hydrogen-bond donors (Lipinski definition) is 0. The van der Waals surface area contributed by atoms with Gasteiger partial charge < -0.3 is 0 Å². The van der Waals surface area contributed by atoms with Gasteiger partial charge >= 0.3 is 5.69 Å². The highest BCUT2D eigenvalue weighted by Crippen LogP contribution is 2.13. The monoisotopic (exact) mass is 391 g/mol. The summed E-state index contributed by atoms with van der Waals surface area (Å²) in [6.45, 7) is 2.52. The SMILES string of the molecule is Cc1ccc(Cn2c(=O)c3ncccc3n(Cc3ccc(Cl)cc3)c2=O)cc1. The van der Waals surface area contributed by atoms with Crippen molar-refractivity contribution in [1.29, 1.82) is 0 Å². The van der Waals surface area contributed by atoms with Gasteiger partial charge in [0.05, 0.1) is 18.6 Å². The number of nitrogens with zero attached hydrogens (tertiary/aromatic N) is 3. The van der Waals surface area contributed by atoms with Gasteiger partial charge in [-0.15, -0.1) is 0 Å². The molecule has 0 unspecified atom stereocenters. The predicted octanol–water partition coefficient (Wildman–Crippen LogP) is 3.62. The zero-order valence-electron chi connectivity index (χ0n) is 15.3. The van der Waals surface area contributed by atoms with Gasteiger partial charge in [-0.3, -0.25) is 13.9 Å². The molecule has 0 N–H and O–H groups in total. The topological polar surface area (TPSA) is 56.9 Å². The summed E-state index contributed by atoms with van der Waals surface area (Å²) < 4.78 is 2.83. The van der Waals surface area contributed by atoms with Gasteiger partial charge in [0, 0.05) is 11.2 Å². The van der Waals surface area contributed by atoms with Gasteiger partial charge in [0.1, 0.15) is 0 Å². The molecule has 0 bridgehead atoms. The summed E-state index contributed by atoms with van der Waals surface area (Å²) in [4.78, 5) is 30.4. The Bertz CT molecular complexity index is 1260. The quantitative estimate of drug-likeness (QED) is 0.534. The van der Waals surface area contributed by atoms with Crippen LogP contribution in [0.3, 0.4) is 0 Å². The van der Waals surface area contributed by atoms with Crippen molar-refractivity contribution in [2.75, 3.05) is 0 Å². The number of aromatic nitrogens is 3. The summed E-state index contributed by atoms with van der Waals surface area (Å²) in [6, 6.07) is 18.5. The van der Waals surface area contributed by atoms with E-state index in [2.05, 4.69) is 4.98 Å². The zero-order chi connectivity index (χ0) is 19.7. The fraction of sp³-hybridized carbons (Fsp3) is 0.136. The van der Waals surface area contributed by atoms with E-state index in [-0.39, 0.29) is 23.3 Å². The molecule has 0 aliphatic heterocycles. The first kappa shape index (κ1) is 18.2. The Morgan fingerprint density at radius 3 is 2.14 bits per heavy atom. The minimum absolute atomic E-state index is 0.199. The summed E-state index contributed by atoms with van der Waals surface area (Å²) >= 11 is 5.96. The predicted molar refractivity (Wildman–Crippen MR) is 111 cm³/mol. The minimum atomic E-state index is -0.381. The van der Waals surface area contributed by atoms with Crippen molar-refractivity contribution in [2.45, 2.75) is 20.0 Å². The normalized spacial score (nSPS) is 11.1. The number of pyridine rings is 1. The Kier molecular flexibility index (Phi) is 4.84. The molecule has 0 aliphatic carbocycles. The number of hydrogen-bond acceptors (Lipinski definition) is 3. The third-order valence-corrected chi connectivity index (χ3v) is 4.95. The van der Waals surface area contributed by atoms with Crippen LogP contribution in [-0.2, 0) is 13.1 Å². The Morgan fingerprint density at radius 2 is 1.46 bits per heavy atom. The molecule has 0 saturated carbocycles. The van der Waals surface area contributed by atoms with Crippen LogP contribution in [0, 0.1) is 6.92 Å². The zero-order valence-corrected chi connectivity index (χ0v) is 16.1. The van der Waals surface area contributed by atoms with E-state index in [1.165, 1.54) is 4.57 Å². The first-order valence-electron chi connectivity index (χ1n) is 8.91. The van der Waals surface area contributed by atoms with Crippen molar-refractivity contribution in [2.24, 2.45) is 0 Å². The largest absolute Gasteiger partial charge is 0.332 e. The van der Waals surface area contributed by atoms with Crippen LogP contribution in [0.1, 0.15) is 16.7 Å². The molecular weight excluding hydrogens is 374 g/mol. The molecular formula is C22H18ClN3O2. The van der Waals surface area contributed by atoms with E-state index in [9.17, 15) is 9.59 Å². The molecule has 2 aromatic carbocycles. The lowest BCUT2D eigenvalue weighted by Gasteiger charge is -2.14. The lowest BCUT2D eigenvalue weighted by molar-refractivity contribution is 0.633. The standard InChI is InChI=1S/C22H18ClN3O2/c1-15-4-6-16(7-5-15)14-26-21(27)20-19(3-2-12-24-20)25(22(26)28)13-17-8-10-18(23)11-9-17/h2-12H,13-14H2,1H3. The fourth-order valence-corrected chi connectivity index (χ4v) is 3.31. The second-order valence-corrected chi connectivity index (χ2v) is 7.18. The molecule has 0 saturated heterocycles. The van der Waals surface area contributed by atoms with Crippen molar-refractivity contribution in [1.82, 2.24) is 14.1 Å². The highest BCUT2D eigenvalue weighted by atomic mass is 35.5. The van der Waals surface area contributed by atoms with Gasteiger partial charge in [0.2, 0.25) is 0 Å². The smallest absolute Gasteiger partial charge is 0.287 e. The second kappa shape index (κ2) is 7.44. The third-order valence-electron chi connectivity index (χ3n) is 4.70. The van der Waals surface area contributed by atoms with E-state index in [0.717, 1.165) is 16.7 Å². The number of benzene rings is 2. The molecule has 0 aliphatic rings. The summed E-state index contributed by atoms with van der Waals surface area (Å²) in [5, 5.41) is 0.631. The van der Waals surface area contributed by atoms with Crippen LogP contribution in [0.2, 0.25) is 5.02 Å². The summed E-state index contributed by atoms with van der Waals surface area (Å²) in [5.74, 6) is 0. The van der Waals surface area contributed by atoms with Gasteiger partial charge in [0.15, 0.2) is 5.52 Å². The van der Waals surface area contributed by atoms with Crippen molar-refractivity contribution >= 4 is 22.6 Å². The summed E-state index contributed by atoms with van der Waals surface area (Å²) in [5.41, 5.74) is 2.98. The maximum Gasteiger partial charge on any atom is 0.332 e. The van der Waals surface area contributed by atoms with Gasteiger partial charge in [-0.05, 0) is 42.3 Å². The van der Waals surface area contributed by atoms with Crippen LogP contribution < -0.4 is 11.2 Å². The van der Waals surface area contributed by atoms with E-state index in [1.807, 2.05) is 43.3 Å². The van der Waals surface area contributed by atoms with Crippen LogP contribution in [-0.4, -0.2) is 14.1 Å². The van der Waals surface area contributed by atoms with Crippen LogP contribution >= 0.6 is 11.6 Å². The maximum absolute atomic E-state index is 13.2. The fourth-order valence-electron chi connectivity index (χ4n) is 3.18. The highest BCUT2D eigenvalue weighted by molar-refractivity contribution is 6.30. The second-order valence-electron chi connectivity index (χ2n) is 6.74. The molecule has 28 heavy (non-hydrogen) atoms. The van der Waals surface area contributed by atoms with Crippen molar-refractivity contribution in [3.8, 4) is 0 Å². The average molecular weight is 392 g/mol. The number of aryl methyl sites for hydroxylation is 1. The van der Waals surface area contributed by atoms with Crippen molar-refractivity contribution in [3.63, 3.8) is 0 Å². The molecule has 0 fully saturated rings. The first-order chi connectivity index (χ1) is 13.5. The van der Waals surface area contributed by atoms with E-state index in [1.54, 1.807) is 35.0 Å². The van der Waals surface area contributed by atoms with E-state index in [4.69, 9.17) is 11.6 Å². The molecule has 6 heteroatoms. The van der Waals surface area contributed by atoms with Crippen LogP contribution in [0.15, 0.2) is 76.4 Å². The maximum atomic E-state index is 13.2. The van der Waals surface area contributed by atoms with Crippen LogP contribution in [0.5, 0.6) is 0 Å². The molecule has 5 nitrogen and oxygen atoms in total. The Morgan fingerprint density at radius 1 is 0.857 bits per heavy atom. The molecule has 4 aromatic rings. The van der Waals surface area contributed by atoms with E-state index < -0.39 is 0 Å². The van der Waals surface area contributed by atoms with Crippen molar-refractivity contribution in [3.05, 3.63) is 109 Å². The Balaban J connectivity index is 1.88. The van der Waals surface area contributed by atoms with Gasteiger partial charge in [-0.1, -0.05) is 53.6 Å². The van der Waals surface area contributed by atoms with Crippen LogP contribution in [0.25, 0.3) is 11.0 Å².